The Bertz CT molecular complexity index is 420. The third kappa shape index (κ3) is 1.21. The summed E-state index contributed by atoms with van der Waals surface area (Å²) in [6, 6.07) is 0.338. The van der Waals surface area contributed by atoms with Crippen LogP contribution in [0.4, 0.5) is 5.95 Å². The second kappa shape index (κ2) is 3.09. The molecule has 0 saturated heterocycles. The molecule has 1 aliphatic rings. The van der Waals surface area contributed by atoms with Crippen molar-refractivity contribution in [3.8, 4) is 0 Å². The first kappa shape index (κ1) is 7.99. The minimum absolute atomic E-state index is 0.338. The maximum absolute atomic E-state index is 4.32. The predicted molar refractivity (Wildman–Crippen MR) is 55.3 cm³/mol. The van der Waals surface area contributed by atoms with Gasteiger partial charge in [-0.15, -0.1) is 11.3 Å². The average molecular weight is 206 g/mol. The number of nitrogens with one attached hydrogen (secondary N) is 1. The van der Waals surface area contributed by atoms with Crippen LogP contribution in [-0.2, 0) is 6.54 Å². The van der Waals surface area contributed by atoms with E-state index in [4.69, 9.17) is 0 Å². The van der Waals surface area contributed by atoms with Gasteiger partial charge in [-0.25, -0.2) is 9.97 Å². The maximum Gasteiger partial charge on any atom is 0.203 e. The van der Waals surface area contributed by atoms with Crippen LogP contribution in [-0.4, -0.2) is 14.5 Å². The summed E-state index contributed by atoms with van der Waals surface area (Å²) in [5.74, 6) is 0.955. The molecule has 3 heterocycles. The topological polar surface area (TPSA) is 42.7 Å². The molecule has 0 fully saturated rings. The van der Waals surface area contributed by atoms with Crippen molar-refractivity contribution in [2.45, 2.75) is 19.0 Å². The number of imidazole rings is 1. The maximum atomic E-state index is 4.32. The van der Waals surface area contributed by atoms with E-state index in [1.807, 2.05) is 24.0 Å². The molecule has 0 spiro atoms. The molecule has 1 atom stereocenters. The number of fused-ring (bicyclic) bond motifs is 1. The highest BCUT2D eigenvalue weighted by Gasteiger charge is 2.20. The van der Waals surface area contributed by atoms with E-state index < -0.39 is 0 Å². The molecule has 72 valence electrons. The van der Waals surface area contributed by atoms with Gasteiger partial charge in [0.25, 0.3) is 0 Å². The molecule has 0 saturated carbocycles. The third-order valence-electron chi connectivity index (χ3n) is 2.43. The van der Waals surface area contributed by atoms with Crippen molar-refractivity contribution in [2.24, 2.45) is 0 Å². The first-order valence-electron chi connectivity index (χ1n) is 4.60. The van der Waals surface area contributed by atoms with Crippen LogP contribution in [0.25, 0.3) is 0 Å². The normalized spacial score (nSPS) is 20.1. The Morgan fingerprint density at radius 3 is 3.29 bits per heavy atom. The fourth-order valence-corrected chi connectivity index (χ4v) is 2.44. The van der Waals surface area contributed by atoms with E-state index in [0.717, 1.165) is 23.9 Å². The Labute approximate surface area is 85.6 Å². The predicted octanol–water partition coefficient (Wildman–Crippen LogP) is 1.90. The van der Waals surface area contributed by atoms with E-state index >= 15 is 0 Å². The van der Waals surface area contributed by atoms with Gasteiger partial charge in [0.2, 0.25) is 5.95 Å². The number of nitrogens with zero attached hydrogens (tertiary/aromatic N) is 3. The molecule has 0 aliphatic carbocycles. The quantitative estimate of drug-likeness (QED) is 0.775. The van der Waals surface area contributed by atoms with Crippen molar-refractivity contribution in [1.29, 1.82) is 0 Å². The molecule has 0 bridgehead atoms. The largest absolute Gasteiger partial charge is 0.346 e. The van der Waals surface area contributed by atoms with E-state index in [-0.39, 0.29) is 0 Å². The molecule has 0 radical (unpaired) electrons. The molecule has 1 unspecified atom stereocenters. The van der Waals surface area contributed by atoms with Gasteiger partial charge in [-0.2, -0.15) is 0 Å². The summed E-state index contributed by atoms with van der Waals surface area (Å²) in [6.07, 6.45) is 6.76. The molecule has 5 heteroatoms. The Morgan fingerprint density at radius 1 is 1.43 bits per heavy atom. The number of anilines is 1. The summed E-state index contributed by atoms with van der Waals surface area (Å²) in [5, 5.41) is 6.54. The molecule has 14 heavy (non-hydrogen) atoms. The zero-order valence-corrected chi connectivity index (χ0v) is 8.37. The van der Waals surface area contributed by atoms with Gasteiger partial charge in [-0.1, -0.05) is 0 Å². The summed E-state index contributed by atoms with van der Waals surface area (Å²) in [6.45, 7) is 1.02. The Kier molecular flexibility index (Phi) is 1.77. The zero-order chi connectivity index (χ0) is 9.38. The van der Waals surface area contributed by atoms with Gasteiger partial charge in [0.15, 0.2) is 0 Å². The molecule has 0 amide bonds. The lowest BCUT2D eigenvalue weighted by atomic mass is 10.2. The second-order valence-electron chi connectivity index (χ2n) is 3.30. The highest BCUT2D eigenvalue weighted by atomic mass is 32.1. The van der Waals surface area contributed by atoms with Gasteiger partial charge in [-0.3, -0.25) is 0 Å². The fraction of sp³-hybridized carbons (Fsp3) is 0.333. The van der Waals surface area contributed by atoms with Gasteiger partial charge in [-0.05, 0) is 6.42 Å². The van der Waals surface area contributed by atoms with Crippen molar-refractivity contribution >= 4 is 17.3 Å². The van der Waals surface area contributed by atoms with E-state index in [9.17, 15) is 0 Å². The van der Waals surface area contributed by atoms with Crippen LogP contribution in [0.3, 0.4) is 0 Å². The highest BCUT2D eigenvalue weighted by Crippen LogP contribution is 2.28. The summed E-state index contributed by atoms with van der Waals surface area (Å²) in [7, 11) is 0. The van der Waals surface area contributed by atoms with Crippen LogP contribution in [0.15, 0.2) is 24.0 Å². The Balaban J connectivity index is 1.88. The molecule has 3 rings (SSSR count). The molecular weight excluding hydrogens is 196 g/mol. The monoisotopic (exact) mass is 206 g/mol. The van der Waals surface area contributed by atoms with E-state index in [1.54, 1.807) is 11.3 Å². The minimum Gasteiger partial charge on any atom is -0.346 e. The van der Waals surface area contributed by atoms with E-state index in [0.29, 0.717) is 6.04 Å². The molecular formula is C9H10N4S. The Morgan fingerprint density at radius 2 is 2.43 bits per heavy atom. The molecule has 1 aliphatic heterocycles. The number of hydrogen-bond acceptors (Lipinski definition) is 4. The van der Waals surface area contributed by atoms with Crippen LogP contribution in [0.2, 0.25) is 0 Å². The summed E-state index contributed by atoms with van der Waals surface area (Å²) >= 11 is 1.70. The molecule has 4 nitrogen and oxygen atoms in total. The van der Waals surface area contributed by atoms with Crippen LogP contribution >= 0.6 is 11.3 Å². The number of aromatic nitrogens is 3. The smallest absolute Gasteiger partial charge is 0.203 e. The van der Waals surface area contributed by atoms with Crippen LogP contribution in [0, 0.1) is 0 Å². The molecule has 2 aromatic heterocycles. The summed E-state index contributed by atoms with van der Waals surface area (Å²) in [5.41, 5.74) is 0. The zero-order valence-electron chi connectivity index (χ0n) is 7.55. The minimum atomic E-state index is 0.338. The van der Waals surface area contributed by atoms with Crippen LogP contribution < -0.4 is 5.32 Å². The van der Waals surface area contributed by atoms with Crippen molar-refractivity contribution in [3.05, 3.63) is 29.0 Å². The van der Waals surface area contributed by atoms with Gasteiger partial charge in [0.1, 0.15) is 5.01 Å². The number of thiazole rings is 1. The van der Waals surface area contributed by atoms with Crippen molar-refractivity contribution < 1.29 is 0 Å². The third-order valence-corrected chi connectivity index (χ3v) is 3.32. The first-order valence-corrected chi connectivity index (χ1v) is 5.48. The second-order valence-corrected chi connectivity index (χ2v) is 4.23. The molecule has 2 aromatic rings. The van der Waals surface area contributed by atoms with Gasteiger partial charge < -0.3 is 9.88 Å². The SMILES string of the molecule is c1csc(C2CCn3ccnc3N2)n1. The number of hydrogen-bond donors (Lipinski definition) is 1. The highest BCUT2D eigenvalue weighted by molar-refractivity contribution is 7.09. The van der Waals surface area contributed by atoms with E-state index in [1.165, 1.54) is 0 Å². The van der Waals surface area contributed by atoms with Crippen LogP contribution in [0.1, 0.15) is 17.5 Å². The summed E-state index contributed by atoms with van der Waals surface area (Å²) in [4.78, 5) is 8.56. The van der Waals surface area contributed by atoms with Crippen molar-refractivity contribution in [3.63, 3.8) is 0 Å². The number of rotatable bonds is 1. The van der Waals surface area contributed by atoms with E-state index in [2.05, 4.69) is 19.9 Å². The molecule has 0 aromatic carbocycles. The summed E-state index contributed by atoms with van der Waals surface area (Å²) < 4.78 is 2.13. The number of aryl methyl sites for hydroxylation is 1. The standard InChI is InChI=1S/C9H10N4S/c1-4-13-5-2-11-9(13)12-7(1)8-10-3-6-14-8/h2-3,5-7H,1,4H2,(H,11,12). The lowest BCUT2D eigenvalue weighted by molar-refractivity contribution is 0.541. The van der Waals surface area contributed by atoms with Gasteiger partial charge >= 0.3 is 0 Å². The first-order chi connectivity index (χ1) is 6.93. The van der Waals surface area contributed by atoms with Gasteiger partial charge in [0, 0.05) is 30.5 Å². The Hall–Kier alpha value is -1.36. The molecule has 1 N–H and O–H groups in total. The van der Waals surface area contributed by atoms with Crippen molar-refractivity contribution in [2.75, 3.05) is 5.32 Å². The van der Waals surface area contributed by atoms with Crippen molar-refractivity contribution in [1.82, 2.24) is 14.5 Å². The lowest BCUT2D eigenvalue weighted by Crippen LogP contribution is -2.21. The fourth-order valence-electron chi connectivity index (χ4n) is 1.72. The average Bonchev–Trinajstić information content (AvgIpc) is 2.88. The van der Waals surface area contributed by atoms with Gasteiger partial charge in [0.05, 0.1) is 6.04 Å². The lowest BCUT2D eigenvalue weighted by Gasteiger charge is -2.23. The van der Waals surface area contributed by atoms with Crippen LogP contribution in [0.5, 0.6) is 0 Å².